The molecule has 0 fully saturated rings. The highest BCUT2D eigenvalue weighted by molar-refractivity contribution is 7.17. The molecule has 1 heterocycles. The first-order valence-electron chi connectivity index (χ1n) is 6.68. The molecule has 0 unspecified atom stereocenters. The van der Waals surface area contributed by atoms with Crippen LogP contribution in [0.25, 0.3) is 0 Å². The summed E-state index contributed by atoms with van der Waals surface area (Å²) in [5.74, 6) is -0.484. The summed E-state index contributed by atoms with van der Waals surface area (Å²) in [7, 11) is 0. The SMILES string of the molecule is CCOc1ccc(C(=O)COC(=O)c2ccc([N+](=O)[O-])s2)cc1. The maximum absolute atomic E-state index is 11.9. The van der Waals surface area contributed by atoms with Gasteiger partial charge in [-0.15, -0.1) is 0 Å². The molecule has 0 atom stereocenters. The molecule has 0 saturated carbocycles. The van der Waals surface area contributed by atoms with E-state index in [4.69, 9.17) is 9.47 Å². The molecule has 120 valence electrons. The summed E-state index contributed by atoms with van der Waals surface area (Å²) in [6.07, 6.45) is 0. The molecule has 1 aromatic carbocycles. The van der Waals surface area contributed by atoms with Crippen molar-refractivity contribution >= 4 is 28.1 Å². The standard InChI is InChI=1S/C15H13NO6S/c1-2-21-11-5-3-10(4-6-11)12(17)9-22-15(18)13-7-8-14(23-13)16(19)20/h3-8H,2,9H2,1H3. The van der Waals surface area contributed by atoms with Crippen molar-refractivity contribution in [1.82, 2.24) is 0 Å². The smallest absolute Gasteiger partial charge is 0.349 e. The number of esters is 1. The number of ether oxygens (including phenoxy) is 2. The largest absolute Gasteiger partial charge is 0.494 e. The fraction of sp³-hybridized carbons (Fsp3) is 0.200. The van der Waals surface area contributed by atoms with Crippen molar-refractivity contribution in [1.29, 1.82) is 0 Å². The van der Waals surface area contributed by atoms with E-state index < -0.39 is 17.5 Å². The number of rotatable bonds is 7. The highest BCUT2D eigenvalue weighted by atomic mass is 32.1. The first-order chi connectivity index (χ1) is 11.0. The predicted octanol–water partition coefficient (Wildman–Crippen LogP) is 3.09. The fourth-order valence-electron chi connectivity index (χ4n) is 1.72. The van der Waals surface area contributed by atoms with Crippen LogP contribution in [-0.2, 0) is 4.74 Å². The summed E-state index contributed by atoms with van der Waals surface area (Å²) in [5, 5.41) is 10.4. The lowest BCUT2D eigenvalue weighted by Gasteiger charge is -2.05. The molecule has 7 nitrogen and oxygen atoms in total. The molecule has 0 aliphatic heterocycles. The Morgan fingerprint density at radius 2 is 1.87 bits per heavy atom. The topological polar surface area (TPSA) is 95.7 Å². The Hall–Kier alpha value is -2.74. The van der Waals surface area contributed by atoms with Crippen LogP contribution < -0.4 is 4.74 Å². The molecule has 0 amide bonds. The summed E-state index contributed by atoms with van der Waals surface area (Å²) >= 11 is 0.703. The molecule has 0 aliphatic carbocycles. The van der Waals surface area contributed by atoms with E-state index >= 15 is 0 Å². The minimum atomic E-state index is -0.762. The lowest BCUT2D eigenvalue weighted by molar-refractivity contribution is -0.380. The van der Waals surface area contributed by atoms with Crippen molar-refractivity contribution in [2.75, 3.05) is 13.2 Å². The van der Waals surface area contributed by atoms with Gasteiger partial charge in [-0.1, -0.05) is 11.3 Å². The molecule has 0 saturated heterocycles. The summed E-state index contributed by atoms with van der Waals surface area (Å²) in [6, 6.07) is 8.98. The van der Waals surface area contributed by atoms with E-state index in [-0.39, 0.29) is 15.7 Å². The van der Waals surface area contributed by atoms with Gasteiger partial charge < -0.3 is 9.47 Å². The Labute approximate surface area is 135 Å². The second kappa shape index (κ2) is 7.50. The maximum atomic E-state index is 11.9. The molecular formula is C15H13NO6S. The van der Waals surface area contributed by atoms with Gasteiger partial charge in [0.25, 0.3) is 0 Å². The molecular weight excluding hydrogens is 322 g/mol. The van der Waals surface area contributed by atoms with Crippen LogP contribution in [0.3, 0.4) is 0 Å². The van der Waals surface area contributed by atoms with Crippen molar-refractivity contribution in [3.05, 3.63) is 57.0 Å². The van der Waals surface area contributed by atoms with E-state index in [2.05, 4.69) is 0 Å². The summed E-state index contributed by atoms with van der Waals surface area (Å²) in [6.45, 7) is 1.95. The number of carbonyl (C=O) groups is 2. The third-order valence-corrected chi connectivity index (χ3v) is 3.81. The van der Waals surface area contributed by atoms with Crippen LogP contribution in [-0.4, -0.2) is 29.9 Å². The van der Waals surface area contributed by atoms with Crippen molar-refractivity contribution in [2.45, 2.75) is 6.92 Å². The number of hydrogen-bond donors (Lipinski definition) is 0. The maximum Gasteiger partial charge on any atom is 0.349 e. The summed E-state index contributed by atoms with van der Waals surface area (Å²) < 4.78 is 10.2. The molecule has 23 heavy (non-hydrogen) atoms. The number of ketones is 1. The minimum Gasteiger partial charge on any atom is -0.494 e. The molecule has 2 aromatic rings. The molecule has 8 heteroatoms. The van der Waals surface area contributed by atoms with Crippen LogP contribution in [0.5, 0.6) is 5.75 Å². The molecule has 0 N–H and O–H groups in total. The normalized spacial score (nSPS) is 10.1. The van der Waals surface area contributed by atoms with E-state index in [1.165, 1.54) is 12.1 Å². The lowest BCUT2D eigenvalue weighted by Crippen LogP contribution is -2.13. The Morgan fingerprint density at radius 3 is 2.43 bits per heavy atom. The van der Waals surface area contributed by atoms with Gasteiger partial charge in [0.15, 0.2) is 12.4 Å². The van der Waals surface area contributed by atoms with Gasteiger partial charge in [-0.05, 0) is 37.3 Å². The van der Waals surface area contributed by atoms with Crippen LogP contribution in [0.1, 0.15) is 27.0 Å². The molecule has 0 spiro atoms. The third-order valence-electron chi connectivity index (χ3n) is 2.79. The number of nitro groups is 1. The van der Waals surface area contributed by atoms with Gasteiger partial charge in [0, 0.05) is 11.6 Å². The van der Waals surface area contributed by atoms with Crippen LogP contribution in [0.2, 0.25) is 0 Å². The molecule has 1 aromatic heterocycles. The summed E-state index contributed by atoms with van der Waals surface area (Å²) in [5.41, 5.74) is 0.387. The van der Waals surface area contributed by atoms with Gasteiger partial charge in [0.05, 0.1) is 11.5 Å². The van der Waals surface area contributed by atoms with Crippen LogP contribution in [0.15, 0.2) is 36.4 Å². The zero-order valence-electron chi connectivity index (χ0n) is 12.2. The number of nitrogens with zero attached hydrogens (tertiary/aromatic N) is 1. The first-order valence-corrected chi connectivity index (χ1v) is 7.50. The second-order valence-electron chi connectivity index (χ2n) is 4.35. The number of hydrogen-bond acceptors (Lipinski definition) is 7. The zero-order chi connectivity index (χ0) is 16.8. The van der Waals surface area contributed by atoms with Crippen molar-refractivity contribution in [2.24, 2.45) is 0 Å². The number of carbonyl (C=O) groups excluding carboxylic acids is 2. The van der Waals surface area contributed by atoms with E-state index in [1.807, 2.05) is 6.92 Å². The van der Waals surface area contributed by atoms with E-state index in [9.17, 15) is 19.7 Å². The Balaban J connectivity index is 1.92. The van der Waals surface area contributed by atoms with Gasteiger partial charge in [-0.25, -0.2) is 4.79 Å². The number of Topliss-reactive ketones (excluding diaryl/α,β-unsaturated/α-hetero) is 1. The molecule has 0 aliphatic rings. The van der Waals surface area contributed by atoms with Crippen LogP contribution >= 0.6 is 11.3 Å². The monoisotopic (exact) mass is 335 g/mol. The second-order valence-corrected chi connectivity index (χ2v) is 5.41. The quantitative estimate of drug-likeness (QED) is 0.334. The predicted molar refractivity (Wildman–Crippen MR) is 83.2 cm³/mol. The highest BCUT2D eigenvalue weighted by Crippen LogP contribution is 2.24. The van der Waals surface area contributed by atoms with Gasteiger partial charge in [0.1, 0.15) is 10.6 Å². The highest BCUT2D eigenvalue weighted by Gasteiger charge is 2.17. The van der Waals surface area contributed by atoms with Crippen molar-refractivity contribution in [3.63, 3.8) is 0 Å². The van der Waals surface area contributed by atoms with Crippen LogP contribution in [0.4, 0.5) is 5.00 Å². The zero-order valence-corrected chi connectivity index (χ0v) is 13.0. The Morgan fingerprint density at radius 1 is 1.17 bits per heavy atom. The van der Waals surface area contributed by atoms with E-state index in [1.54, 1.807) is 24.3 Å². The minimum absolute atomic E-state index is 0.0798. The summed E-state index contributed by atoms with van der Waals surface area (Å²) in [4.78, 5) is 33.7. The van der Waals surface area contributed by atoms with E-state index in [0.717, 1.165) is 0 Å². The molecule has 0 bridgehead atoms. The Bertz CT molecular complexity index is 722. The van der Waals surface area contributed by atoms with Gasteiger partial charge in [-0.2, -0.15) is 0 Å². The lowest BCUT2D eigenvalue weighted by atomic mass is 10.1. The molecule has 0 radical (unpaired) electrons. The third kappa shape index (κ3) is 4.36. The first kappa shape index (κ1) is 16.6. The van der Waals surface area contributed by atoms with Crippen molar-refractivity contribution < 1.29 is 24.0 Å². The van der Waals surface area contributed by atoms with Gasteiger partial charge in [-0.3, -0.25) is 14.9 Å². The molecule has 2 rings (SSSR count). The van der Waals surface area contributed by atoms with Gasteiger partial charge >= 0.3 is 11.0 Å². The fourth-order valence-corrected chi connectivity index (χ4v) is 2.44. The van der Waals surface area contributed by atoms with E-state index in [0.29, 0.717) is 29.3 Å². The average Bonchev–Trinajstić information content (AvgIpc) is 3.03. The number of thiophene rings is 1. The Kier molecular flexibility index (Phi) is 5.42. The number of benzene rings is 1. The average molecular weight is 335 g/mol. The van der Waals surface area contributed by atoms with Crippen LogP contribution in [0, 0.1) is 10.1 Å². The van der Waals surface area contributed by atoms with Crippen molar-refractivity contribution in [3.8, 4) is 5.75 Å². The van der Waals surface area contributed by atoms with Gasteiger partial charge in [0.2, 0.25) is 0 Å².